The number of amides is 2. The standard InChI is InChI=1S/C13H15ClF2N6O2/c1-3-21-11(13(17)24)7(4-18-21)19-8(23)5-22-6(2)9(14)10(20-22)12(15)16/h4,12H,3,5H2,1-2H3,(H2,17,24)(H,19,23). The molecule has 0 saturated carbocycles. The number of hydrogen-bond acceptors (Lipinski definition) is 4. The van der Waals surface area contributed by atoms with Crippen molar-refractivity contribution in [2.45, 2.75) is 33.4 Å². The molecule has 3 N–H and O–H groups in total. The van der Waals surface area contributed by atoms with Crippen molar-refractivity contribution >= 4 is 29.1 Å². The van der Waals surface area contributed by atoms with Crippen LogP contribution in [0.5, 0.6) is 0 Å². The Kier molecular flexibility index (Phi) is 5.17. The first-order chi connectivity index (χ1) is 11.3. The Morgan fingerprint density at radius 1 is 1.42 bits per heavy atom. The second-order valence-corrected chi connectivity index (χ2v) is 5.26. The van der Waals surface area contributed by atoms with Crippen molar-refractivity contribution in [1.29, 1.82) is 0 Å². The average molecular weight is 361 g/mol. The van der Waals surface area contributed by atoms with E-state index in [0.29, 0.717) is 6.54 Å². The van der Waals surface area contributed by atoms with Gasteiger partial charge in [-0.2, -0.15) is 10.2 Å². The first kappa shape index (κ1) is 17.9. The largest absolute Gasteiger partial charge is 0.364 e. The van der Waals surface area contributed by atoms with Crippen LogP contribution < -0.4 is 11.1 Å². The van der Waals surface area contributed by atoms with Crippen LogP contribution in [-0.4, -0.2) is 31.4 Å². The van der Waals surface area contributed by atoms with Gasteiger partial charge in [0.2, 0.25) is 5.91 Å². The molecule has 11 heteroatoms. The summed E-state index contributed by atoms with van der Waals surface area (Å²) in [6.07, 6.45) is -1.56. The van der Waals surface area contributed by atoms with Crippen LogP contribution in [0.25, 0.3) is 0 Å². The molecule has 0 bridgehead atoms. The predicted octanol–water partition coefficient (Wildman–Crippen LogP) is 1.74. The van der Waals surface area contributed by atoms with Gasteiger partial charge in [-0.3, -0.25) is 19.0 Å². The van der Waals surface area contributed by atoms with Crippen molar-refractivity contribution in [3.8, 4) is 0 Å². The van der Waals surface area contributed by atoms with E-state index in [2.05, 4.69) is 15.5 Å². The molecular formula is C13H15ClF2N6O2. The summed E-state index contributed by atoms with van der Waals surface area (Å²) in [5.74, 6) is -1.33. The van der Waals surface area contributed by atoms with Crippen molar-refractivity contribution in [2.24, 2.45) is 5.73 Å². The number of carbonyl (C=O) groups excluding carboxylic acids is 2. The number of aryl methyl sites for hydroxylation is 1. The van der Waals surface area contributed by atoms with Crippen LogP contribution in [0.3, 0.4) is 0 Å². The first-order valence-corrected chi connectivity index (χ1v) is 7.30. The van der Waals surface area contributed by atoms with Crippen molar-refractivity contribution in [3.63, 3.8) is 0 Å². The van der Waals surface area contributed by atoms with E-state index in [1.807, 2.05) is 0 Å². The lowest BCUT2D eigenvalue weighted by Gasteiger charge is -2.07. The summed E-state index contributed by atoms with van der Waals surface area (Å²) >= 11 is 5.77. The van der Waals surface area contributed by atoms with Gasteiger partial charge in [0.15, 0.2) is 0 Å². The monoisotopic (exact) mass is 360 g/mol. The predicted molar refractivity (Wildman–Crippen MR) is 82.0 cm³/mol. The van der Waals surface area contributed by atoms with Gasteiger partial charge in [-0.25, -0.2) is 8.78 Å². The minimum Gasteiger partial charge on any atom is -0.364 e. The highest BCUT2D eigenvalue weighted by atomic mass is 35.5. The molecule has 8 nitrogen and oxygen atoms in total. The molecule has 2 rings (SSSR count). The number of nitrogens with zero attached hydrogens (tertiary/aromatic N) is 4. The molecule has 0 aliphatic heterocycles. The smallest absolute Gasteiger partial charge is 0.283 e. The molecule has 0 aliphatic carbocycles. The zero-order chi connectivity index (χ0) is 18.0. The summed E-state index contributed by atoms with van der Waals surface area (Å²) in [6, 6.07) is 0. The average Bonchev–Trinajstić information content (AvgIpc) is 3.03. The van der Waals surface area contributed by atoms with Crippen LogP contribution in [0.15, 0.2) is 6.20 Å². The minimum atomic E-state index is -2.84. The van der Waals surface area contributed by atoms with E-state index in [-0.39, 0.29) is 28.6 Å². The number of hydrogen-bond donors (Lipinski definition) is 2. The van der Waals surface area contributed by atoms with Gasteiger partial charge >= 0.3 is 0 Å². The molecule has 0 fully saturated rings. The molecule has 130 valence electrons. The molecule has 0 atom stereocenters. The molecule has 0 saturated heterocycles. The lowest BCUT2D eigenvalue weighted by Crippen LogP contribution is -2.24. The number of rotatable bonds is 6. The quantitative estimate of drug-likeness (QED) is 0.817. The molecule has 2 aromatic heterocycles. The fourth-order valence-electron chi connectivity index (χ4n) is 2.14. The zero-order valence-corrected chi connectivity index (χ0v) is 13.6. The third kappa shape index (κ3) is 3.37. The van der Waals surface area contributed by atoms with Crippen LogP contribution in [-0.2, 0) is 17.9 Å². The molecule has 2 amide bonds. The fourth-order valence-corrected chi connectivity index (χ4v) is 2.36. The fraction of sp³-hybridized carbons (Fsp3) is 0.385. The van der Waals surface area contributed by atoms with Gasteiger partial charge in [-0.05, 0) is 13.8 Å². The SMILES string of the molecule is CCn1ncc(NC(=O)Cn2nc(C(F)F)c(Cl)c2C)c1C(N)=O. The zero-order valence-electron chi connectivity index (χ0n) is 12.9. The van der Waals surface area contributed by atoms with E-state index in [1.165, 1.54) is 17.8 Å². The maximum Gasteiger partial charge on any atom is 0.283 e. The molecule has 2 heterocycles. The van der Waals surface area contributed by atoms with E-state index in [0.717, 1.165) is 4.68 Å². The normalized spacial score (nSPS) is 11.1. The van der Waals surface area contributed by atoms with Crippen molar-refractivity contribution in [3.05, 3.63) is 28.3 Å². The number of carbonyl (C=O) groups is 2. The third-order valence-corrected chi connectivity index (χ3v) is 3.77. The van der Waals surface area contributed by atoms with Crippen LogP contribution in [0.2, 0.25) is 5.02 Å². The Labute approximate surface area is 140 Å². The summed E-state index contributed by atoms with van der Waals surface area (Å²) < 4.78 is 27.9. The Morgan fingerprint density at radius 3 is 2.58 bits per heavy atom. The van der Waals surface area contributed by atoms with Gasteiger partial charge in [0, 0.05) is 6.54 Å². The van der Waals surface area contributed by atoms with Crippen LogP contribution in [0, 0.1) is 6.92 Å². The van der Waals surface area contributed by atoms with E-state index in [4.69, 9.17) is 17.3 Å². The number of aromatic nitrogens is 4. The maximum atomic E-state index is 12.8. The van der Waals surface area contributed by atoms with Crippen LogP contribution >= 0.6 is 11.6 Å². The Hall–Kier alpha value is -2.49. The lowest BCUT2D eigenvalue weighted by atomic mass is 10.3. The molecule has 0 radical (unpaired) electrons. The molecular weight excluding hydrogens is 346 g/mol. The van der Waals surface area contributed by atoms with Gasteiger partial charge in [0.25, 0.3) is 12.3 Å². The lowest BCUT2D eigenvalue weighted by molar-refractivity contribution is -0.117. The summed E-state index contributed by atoms with van der Waals surface area (Å²) in [6.45, 7) is 3.26. The van der Waals surface area contributed by atoms with Gasteiger partial charge < -0.3 is 11.1 Å². The molecule has 24 heavy (non-hydrogen) atoms. The van der Waals surface area contributed by atoms with Gasteiger partial charge in [-0.15, -0.1) is 0 Å². The molecule has 2 aromatic rings. The van der Waals surface area contributed by atoms with E-state index >= 15 is 0 Å². The van der Waals surface area contributed by atoms with Crippen molar-refractivity contribution < 1.29 is 18.4 Å². The minimum absolute atomic E-state index is 0.0503. The van der Waals surface area contributed by atoms with E-state index in [1.54, 1.807) is 6.92 Å². The van der Waals surface area contributed by atoms with Gasteiger partial charge in [0.1, 0.15) is 17.9 Å². The molecule has 0 spiro atoms. The number of alkyl halides is 2. The van der Waals surface area contributed by atoms with Crippen LogP contribution in [0.1, 0.15) is 35.2 Å². The maximum absolute atomic E-state index is 12.8. The number of nitrogens with two attached hydrogens (primary N) is 1. The van der Waals surface area contributed by atoms with Crippen molar-refractivity contribution in [2.75, 3.05) is 5.32 Å². The summed E-state index contributed by atoms with van der Waals surface area (Å²) in [7, 11) is 0. The number of anilines is 1. The summed E-state index contributed by atoms with van der Waals surface area (Å²) in [5.41, 5.74) is 5.12. The Balaban J connectivity index is 2.19. The molecule has 0 aromatic carbocycles. The number of nitrogens with one attached hydrogen (secondary N) is 1. The highest BCUT2D eigenvalue weighted by molar-refractivity contribution is 6.31. The second-order valence-electron chi connectivity index (χ2n) is 4.88. The molecule has 0 unspecified atom stereocenters. The summed E-state index contributed by atoms with van der Waals surface area (Å²) in [5, 5.41) is 9.84. The molecule has 0 aliphatic rings. The van der Waals surface area contributed by atoms with E-state index < -0.39 is 23.9 Å². The Bertz CT molecular complexity index is 786. The number of primary amides is 1. The van der Waals surface area contributed by atoms with Crippen molar-refractivity contribution in [1.82, 2.24) is 19.6 Å². The number of halogens is 3. The third-order valence-electron chi connectivity index (χ3n) is 3.30. The highest BCUT2D eigenvalue weighted by Gasteiger charge is 2.22. The second kappa shape index (κ2) is 6.95. The van der Waals surface area contributed by atoms with Gasteiger partial charge in [0.05, 0.1) is 22.6 Å². The first-order valence-electron chi connectivity index (χ1n) is 6.92. The van der Waals surface area contributed by atoms with Gasteiger partial charge in [-0.1, -0.05) is 11.6 Å². The highest BCUT2D eigenvalue weighted by Crippen LogP contribution is 2.28. The Morgan fingerprint density at radius 2 is 2.08 bits per heavy atom. The summed E-state index contributed by atoms with van der Waals surface area (Å²) in [4.78, 5) is 23.6. The van der Waals surface area contributed by atoms with Crippen LogP contribution in [0.4, 0.5) is 14.5 Å². The topological polar surface area (TPSA) is 108 Å². The van der Waals surface area contributed by atoms with E-state index in [9.17, 15) is 18.4 Å².